The van der Waals surface area contributed by atoms with Gasteiger partial charge in [0, 0.05) is 19.1 Å². The van der Waals surface area contributed by atoms with Gasteiger partial charge in [0.2, 0.25) is 0 Å². The Morgan fingerprint density at radius 2 is 1.53 bits per heavy atom. The first kappa shape index (κ1) is 23.6. The molecule has 0 N–H and O–H groups in total. The van der Waals surface area contributed by atoms with Gasteiger partial charge in [0.15, 0.2) is 0 Å². The standard InChI is InChI=1S/C27H35NO2/c1-5-14-25(27(29)30-4)19-24(6-2)26(7-3)28(20-22-15-10-8-11-16-22)21-23-17-12-9-13-18-23/h5-6,8-13,15-18,24-26H,1-2,7,14,19-21H2,3-4H3/t24-,25?,26-/m0/s1. The van der Waals surface area contributed by atoms with Crippen molar-refractivity contribution < 1.29 is 9.53 Å². The van der Waals surface area contributed by atoms with Crippen LogP contribution in [0.3, 0.4) is 0 Å². The molecule has 160 valence electrons. The number of carbonyl (C=O) groups is 1. The third-order valence-corrected chi connectivity index (χ3v) is 5.68. The molecule has 30 heavy (non-hydrogen) atoms. The van der Waals surface area contributed by atoms with Gasteiger partial charge in [0.25, 0.3) is 0 Å². The molecule has 0 aliphatic carbocycles. The molecular weight excluding hydrogens is 370 g/mol. The zero-order chi connectivity index (χ0) is 21.8. The summed E-state index contributed by atoms with van der Waals surface area (Å²) in [7, 11) is 1.45. The second-order valence-corrected chi connectivity index (χ2v) is 7.73. The van der Waals surface area contributed by atoms with E-state index >= 15 is 0 Å². The van der Waals surface area contributed by atoms with E-state index in [-0.39, 0.29) is 23.8 Å². The molecule has 0 aromatic heterocycles. The molecule has 0 saturated carbocycles. The predicted octanol–water partition coefficient (Wildman–Crippen LogP) is 6.03. The molecule has 3 nitrogen and oxygen atoms in total. The maximum atomic E-state index is 12.3. The summed E-state index contributed by atoms with van der Waals surface area (Å²) in [5, 5.41) is 0. The van der Waals surface area contributed by atoms with Crippen LogP contribution in [0.5, 0.6) is 0 Å². The Labute approximate surface area is 182 Å². The third kappa shape index (κ3) is 7.00. The van der Waals surface area contributed by atoms with Crippen LogP contribution in [0, 0.1) is 11.8 Å². The van der Waals surface area contributed by atoms with Gasteiger partial charge in [-0.3, -0.25) is 9.69 Å². The van der Waals surface area contributed by atoms with Gasteiger partial charge in [0.1, 0.15) is 0 Å². The Hall–Kier alpha value is -2.65. The Morgan fingerprint density at radius 3 is 1.93 bits per heavy atom. The van der Waals surface area contributed by atoms with Crippen LogP contribution in [0.1, 0.15) is 37.3 Å². The molecule has 0 heterocycles. The van der Waals surface area contributed by atoms with Crippen LogP contribution in [0.2, 0.25) is 0 Å². The van der Waals surface area contributed by atoms with Gasteiger partial charge in [-0.05, 0) is 36.3 Å². The highest BCUT2D eigenvalue weighted by Gasteiger charge is 2.29. The second-order valence-electron chi connectivity index (χ2n) is 7.73. The third-order valence-electron chi connectivity index (χ3n) is 5.68. The van der Waals surface area contributed by atoms with Crippen molar-refractivity contribution in [3.63, 3.8) is 0 Å². The molecule has 3 heteroatoms. The Bertz CT molecular complexity index is 730. The van der Waals surface area contributed by atoms with Crippen LogP contribution < -0.4 is 0 Å². The molecule has 0 spiro atoms. The topological polar surface area (TPSA) is 29.5 Å². The average molecular weight is 406 g/mol. The van der Waals surface area contributed by atoms with Gasteiger partial charge in [-0.15, -0.1) is 13.2 Å². The molecule has 1 unspecified atom stereocenters. The van der Waals surface area contributed by atoms with Crippen molar-refractivity contribution in [3.8, 4) is 0 Å². The largest absolute Gasteiger partial charge is 0.469 e. The van der Waals surface area contributed by atoms with Crippen LogP contribution in [0.4, 0.5) is 0 Å². The van der Waals surface area contributed by atoms with Gasteiger partial charge >= 0.3 is 5.97 Å². The van der Waals surface area contributed by atoms with E-state index in [2.05, 4.69) is 73.5 Å². The summed E-state index contributed by atoms with van der Waals surface area (Å²) in [6.07, 6.45) is 6.11. The van der Waals surface area contributed by atoms with Crippen molar-refractivity contribution in [3.05, 3.63) is 97.1 Å². The van der Waals surface area contributed by atoms with E-state index in [1.54, 1.807) is 6.08 Å². The van der Waals surface area contributed by atoms with E-state index < -0.39 is 0 Å². The van der Waals surface area contributed by atoms with Crippen molar-refractivity contribution in [2.75, 3.05) is 7.11 Å². The molecule has 0 bridgehead atoms. The molecule has 0 amide bonds. The molecule has 3 atom stereocenters. The summed E-state index contributed by atoms with van der Waals surface area (Å²) in [5.41, 5.74) is 2.57. The van der Waals surface area contributed by atoms with Gasteiger partial charge in [-0.25, -0.2) is 0 Å². The van der Waals surface area contributed by atoms with Crippen LogP contribution in [-0.2, 0) is 22.6 Å². The lowest BCUT2D eigenvalue weighted by molar-refractivity contribution is -0.146. The van der Waals surface area contributed by atoms with Crippen molar-refractivity contribution in [1.82, 2.24) is 4.90 Å². The number of nitrogens with zero attached hydrogens (tertiary/aromatic N) is 1. The first-order valence-corrected chi connectivity index (χ1v) is 10.8. The normalized spacial score (nSPS) is 14.0. The zero-order valence-corrected chi connectivity index (χ0v) is 18.4. The maximum Gasteiger partial charge on any atom is 0.308 e. The van der Waals surface area contributed by atoms with Gasteiger partial charge in [-0.1, -0.05) is 79.7 Å². The number of allylic oxidation sites excluding steroid dienone is 1. The van der Waals surface area contributed by atoms with E-state index in [0.717, 1.165) is 19.5 Å². The Balaban J connectivity index is 2.29. The van der Waals surface area contributed by atoms with E-state index in [9.17, 15) is 4.79 Å². The van der Waals surface area contributed by atoms with Crippen molar-refractivity contribution >= 4 is 5.97 Å². The van der Waals surface area contributed by atoms with Crippen molar-refractivity contribution in [2.24, 2.45) is 11.8 Å². The lowest BCUT2D eigenvalue weighted by atomic mass is 9.85. The maximum absolute atomic E-state index is 12.3. The van der Waals surface area contributed by atoms with E-state index in [0.29, 0.717) is 12.8 Å². The monoisotopic (exact) mass is 405 g/mol. The number of ether oxygens (including phenoxy) is 1. The minimum atomic E-state index is -0.195. The van der Waals surface area contributed by atoms with E-state index in [4.69, 9.17) is 4.74 Å². The quantitative estimate of drug-likeness (QED) is 0.301. The summed E-state index contributed by atoms with van der Waals surface area (Å²) in [4.78, 5) is 14.8. The number of methoxy groups -OCH3 is 1. The molecule has 2 aromatic carbocycles. The Morgan fingerprint density at radius 1 is 1.00 bits per heavy atom. The average Bonchev–Trinajstić information content (AvgIpc) is 2.79. The predicted molar refractivity (Wildman–Crippen MR) is 125 cm³/mol. The summed E-state index contributed by atoms with van der Waals surface area (Å²) in [6, 6.07) is 21.4. The number of hydrogen-bond donors (Lipinski definition) is 0. The zero-order valence-electron chi connectivity index (χ0n) is 18.4. The van der Waals surface area contributed by atoms with E-state index in [1.807, 2.05) is 18.2 Å². The lowest BCUT2D eigenvalue weighted by Gasteiger charge is -2.37. The van der Waals surface area contributed by atoms with Crippen LogP contribution in [0.25, 0.3) is 0 Å². The molecule has 0 radical (unpaired) electrons. The summed E-state index contributed by atoms with van der Waals surface area (Å²) in [5.74, 6) is -0.194. The fourth-order valence-corrected chi connectivity index (χ4v) is 4.15. The summed E-state index contributed by atoms with van der Waals surface area (Å²) >= 11 is 0. The first-order valence-electron chi connectivity index (χ1n) is 10.8. The van der Waals surface area contributed by atoms with Gasteiger partial charge < -0.3 is 4.74 Å². The minimum Gasteiger partial charge on any atom is -0.469 e. The highest BCUT2D eigenvalue weighted by molar-refractivity contribution is 5.72. The smallest absolute Gasteiger partial charge is 0.308 e. The van der Waals surface area contributed by atoms with Crippen LogP contribution in [-0.4, -0.2) is 24.0 Å². The molecular formula is C27H35NO2. The fraction of sp³-hybridized carbons (Fsp3) is 0.370. The Kier molecular flexibility index (Phi) is 10.1. The molecule has 0 aliphatic rings. The minimum absolute atomic E-state index is 0.172. The van der Waals surface area contributed by atoms with Crippen molar-refractivity contribution in [1.29, 1.82) is 0 Å². The number of benzene rings is 2. The molecule has 0 fully saturated rings. The lowest BCUT2D eigenvalue weighted by Crippen LogP contribution is -2.40. The highest BCUT2D eigenvalue weighted by Crippen LogP contribution is 2.28. The SMILES string of the molecule is C=CCC(C[C@H](C=C)[C@H](CC)N(Cc1ccccc1)Cc1ccccc1)C(=O)OC. The van der Waals surface area contributed by atoms with Crippen LogP contribution in [0.15, 0.2) is 86.0 Å². The number of rotatable bonds is 13. The first-order chi connectivity index (χ1) is 14.6. The molecule has 0 saturated heterocycles. The van der Waals surface area contributed by atoms with Crippen LogP contribution >= 0.6 is 0 Å². The van der Waals surface area contributed by atoms with Gasteiger partial charge in [-0.2, -0.15) is 0 Å². The second kappa shape index (κ2) is 12.8. The number of esters is 1. The fourth-order valence-electron chi connectivity index (χ4n) is 4.15. The highest BCUT2D eigenvalue weighted by atomic mass is 16.5. The number of hydrogen-bond acceptors (Lipinski definition) is 3. The number of carbonyl (C=O) groups excluding carboxylic acids is 1. The molecule has 0 aliphatic heterocycles. The molecule has 2 aromatic rings. The van der Waals surface area contributed by atoms with Crippen molar-refractivity contribution in [2.45, 2.75) is 45.3 Å². The summed E-state index contributed by atoms with van der Waals surface area (Å²) < 4.78 is 5.04. The van der Waals surface area contributed by atoms with Gasteiger partial charge in [0.05, 0.1) is 13.0 Å². The summed E-state index contributed by atoms with van der Waals surface area (Å²) in [6.45, 7) is 11.9. The van der Waals surface area contributed by atoms with E-state index in [1.165, 1.54) is 18.2 Å². The molecule has 2 rings (SSSR count).